The first kappa shape index (κ1) is 15.6. The number of fused-ring (bicyclic) bond motifs is 2. The Bertz CT molecular complexity index is 1020. The second-order valence-electron chi connectivity index (χ2n) is 7.48. The third-order valence-corrected chi connectivity index (χ3v) is 5.74. The number of hydrogen-bond acceptors (Lipinski definition) is 2. The van der Waals surface area contributed by atoms with Crippen LogP contribution in [0.5, 0.6) is 0 Å². The third-order valence-electron chi connectivity index (χ3n) is 5.74. The molecule has 3 heteroatoms. The minimum atomic E-state index is 0.125. The molecule has 0 spiro atoms. The molecule has 2 aliphatic rings. The summed E-state index contributed by atoms with van der Waals surface area (Å²) in [6.07, 6.45) is 0.914. The molecule has 5 rings (SSSR count). The number of nitrogens with zero attached hydrogens (tertiary/aromatic N) is 1. The van der Waals surface area contributed by atoms with E-state index in [4.69, 9.17) is 0 Å². The zero-order valence-corrected chi connectivity index (χ0v) is 15.0. The zero-order chi connectivity index (χ0) is 17.7. The van der Waals surface area contributed by atoms with Crippen LogP contribution in [-0.4, -0.2) is 25.5 Å². The maximum absolute atomic E-state index is 13.3. The van der Waals surface area contributed by atoms with Crippen LogP contribution in [0.25, 0.3) is 10.8 Å². The lowest BCUT2D eigenvalue weighted by molar-refractivity contribution is 0.0981. The van der Waals surface area contributed by atoms with Crippen LogP contribution in [0.15, 0.2) is 54.6 Å². The Morgan fingerprint density at radius 3 is 2.69 bits per heavy atom. The van der Waals surface area contributed by atoms with Crippen LogP contribution in [-0.2, 0) is 6.42 Å². The maximum Gasteiger partial charge on any atom is 0.258 e. The second-order valence-corrected chi connectivity index (χ2v) is 7.48. The van der Waals surface area contributed by atoms with E-state index in [9.17, 15) is 4.79 Å². The fraction of sp³-hybridized carbons (Fsp3) is 0.261. The fourth-order valence-corrected chi connectivity index (χ4v) is 4.18. The van der Waals surface area contributed by atoms with Crippen molar-refractivity contribution in [3.63, 3.8) is 0 Å². The standard InChI is InChI=1S/C23H22N2O/c1-15-10-17-4-2-3-5-20(17)22(11-15)25-9-8-18-12-16(19-13-24-14-19)6-7-21(18)23(25)26/h2-7,10-12,19,24H,8-9,13-14H2,1H3. The van der Waals surface area contributed by atoms with Crippen molar-refractivity contribution in [2.24, 2.45) is 0 Å². The molecule has 3 aromatic carbocycles. The Morgan fingerprint density at radius 1 is 1.04 bits per heavy atom. The molecule has 2 heterocycles. The van der Waals surface area contributed by atoms with Gasteiger partial charge in [0.15, 0.2) is 0 Å². The predicted octanol–water partition coefficient (Wildman–Crippen LogP) is 4.04. The zero-order valence-electron chi connectivity index (χ0n) is 15.0. The number of benzene rings is 3. The Labute approximate surface area is 153 Å². The van der Waals surface area contributed by atoms with Crippen LogP contribution in [0, 0.1) is 6.92 Å². The number of hydrogen-bond donors (Lipinski definition) is 1. The van der Waals surface area contributed by atoms with Gasteiger partial charge in [0, 0.05) is 36.5 Å². The Hall–Kier alpha value is -2.65. The van der Waals surface area contributed by atoms with Crippen molar-refractivity contribution in [1.29, 1.82) is 0 Å². The highest BCUT2D eigenvalue weighted by Gasteiger charge is 2.28. The first-order chi connectivity index (χ1) is 12.7. The number of amides is 1. The van der Waals surface area contributed by atoms with Crippen LogP contribution in [0.4, 0.5) is 5.69 Å². The van der Waals surface area contributed by atoms with Crippen molar-refractivity contribution in [3.8, 4) is 0 Å². The third kappa shape index (κ3) is 2.43. The van der Waals surface area contributed by atoms with E-state index in [2.05, 4.69) is 54.7 Å². The summed E-state index contributed by atoms with van der Waals surface area (Å²) in [5.41, 5.74) is 5.64. The Balaban J connectivity index is 1.56. The van der Waals surface area contributed by atoms with Gasteiger partial charge in [-0.3, -0.25) is 4.79 Å². The molecule has 1 amide bonds. The number of rotatable bonds is 2. The summed E-state index contributed by atoms with van der Waals surface area (Å²) in [7, 11) is 0. The van der Waals surface area contributed by atoms with Crippen molar-refractivity contribution in [2.75, 3.05) is 24.5 Å². The van der Waals surface area contributed by atoms with E-state index in [1.54, 1.807) is 0 Å². The number of anilines is 1. The molecule has 26 heavy (non-hydrogen) atoms. The highest BCUT2D eigenvalue weighted by atomic mass is 16.2. The topological polar surface area (TPSA) is 32.3 Å². The summed E-state index contributed by atoms with van der Waals surface area (Å²) in [6.45, 7) is 4.94. The summed E-state index contributed by atoms with van der Waals surface area (Å²) in [6, 6.07) is 19.1. The van der Waals surface area contributed by atoms with Gasteiger partial charge in [-0.2, -0.15) is 0 Å². The van der Waals surface area contributed by atoms with Gasteiger partial charge >= 0.3 is 0 Å². The average Bonchev–Trinajstić information content (AvgIpc) is 2.60. The van der Waals surface area contributed by atoms with Gasteiger partial charge in [0.2, 0.25) is 0 Å². The summed E-state index contributed by atoms with van der Waals surface area (Å²) in [5.74, 6) is 0.731. The molecule has 0 saturated carbocycles. The van der Waals surface area contributed by atoms with E-state index in [1.807, 2.05) is 17.0 Å². The normalized spacial score (nSPS) is 17.3. The fourth-order valence-electron chi connectivity index (χ4n) is 4.18. The van der Waals surface area contributed by atoms with E-state index in [0.717, 1.165) is 42.7 Å². The van der Waals surface area contributed by atoms with Crippen molar-refractivity contribution < 1.29 is 4.79 Å². The van der Waals surface area contributed by atoms with Crippen LogP contribution < -0.4 is 10.2 Å². The Kier molecular flexibility index (Phi) is 3.57. The predicted molar refractivity (Wildman–Crippen MR) is 106 cm³/mol. The molecule has 3 nitrogen and oxygen atoms in total. The molecule has 3 aromatic rings. The van der Waals surface area contributed by atoms with Gasteiger partial charge in [0.05, 0.1) is 5.69 Å². The summed E-state index contributed by atoms with van der Waals surface area (Å²) in [5, 5.41) is 5.66. The van der Waals surface area contributed by atoms with Crippen molar-refractivity contribution >= 4 is 22.4 Å². The molecular formula is C23H22N2O. The van der Waals surface area contributed by atoms with Crippen LogP contribution in [0.1, 0.15) is 33.0 Å². The first-order valence-corrected chi connectivity index (χ1v) is 9.35. The number of carbonyl (C=O) groups excluding carboxylic acids is 1. The van der Waals surface area contributed by atoms with Gasteiger partial charge in [-0.05, 0) is 47.6 Å². The maximum atomic E-state index is 13.3. The van der Waals surface area contributed by atoms with Crippen molar-refractivity contribution in [3.05, 3.63) is 76.9 Å². The van der Waals surface area contributed by atoms with E-state index in [0.29, 0.717) is 5.92 Å². The van der Waals surface area contributed by atoms with Gasteiger partial charge in [-0.25, -0.2) is 0 Å². The van der Waals surface area contributed by atoms with Gasteiger partial charge < -0.3 is 10.2 Å². The van der Waals surface area contributed by atoms with Crippen LogP contribution in [0.3, 0.4) is 0 Å². The van der Waals surface area contributed by atoms with Crippen LogP contribution in [0.2, 0.25) is 0 Å². The summed E-state index contributed by atoms with van der Waals surface area (Å²) >= 11 is 0. The smallest absolute Gasteiger partial charge is 0.258 e. The number of aryl methyl sites for hydroxylation is 1. The van der Waals surface area contributed by atoms with Gasteiger partial charge in [-0.15, -0.1) is 0 Å². The summed E-state index contributed by atoms with van der Waals surface area (Å²) in [4.78, 5) is 15.2. The molecule has 0 unspecified atom stereocenters. The van der Waals surface area contributed by atoms with E-state index in [1.165, 1.54) is 22.1 Å². The van der Waals surface area contributed by atoms with E-state index in [-0.39, 0.29) is 5.91 Å². The highest BCUT2D eigenvalue weighted by Crippen LogP contribution is 2.33. The largest absolute Gasteiger partial charge is 0.315 e. The van der Waals surface area contributed by atoms with Crippen molar-refractivity contribution in [1.82, 2.24) is 5.32 Å². The molecule has 2 aliphatic heterocycles. The summed E-state index contributed by atoms with van der Waals surface area (Å²) < 4.78 is 0. The van der Waals surface area contributed by atoms with Gasteiger partial charge in [-0.1, -0.05) is 42.5 Å². The molecule has 0 bridgehead atoms. The minimum Gasteiger partial charge on any atom is -0.315 e. The van der Waals surface area contributed by atoms with Crippen molar-refractivity contribution in [2.45, 2.75) is 19.3 Å². The lowest BCUT2D eigenvalue weighted by Crippen LogP contribution is -2.40. The van der Waals surface area contributed by atoms with E-state index < -0.39 is 0 Å². The quantitative estimate of drug-likeness (QED) is 0.762. The molecule has 1 N–H and O–H groups in total. The second kappa shape index (κ2) is 5.96. The lowest BCUT2D eigenvalue weighted by atomic mass is 9.88. The van der Waals surface area contributed by atoms with E-state index >= 15 is 0 Å². The average molecular weight is 342 g/mol. The number of carbonyl (C=O) groups is 1. The molecule has 1 saturated heterocycles. The first-order valence-electron chi connectivity index (χ1n) is 9.35. The molecule has 0 radical (unpaired) electrons. The van der Waals surface area contributed by atoms with Crippen LogP contribution >= 0.6 is 0 Å². The SMILES string of the molecule is Cc1cc(N2CCc3cc(C4CNC4)ccc3C2=O)c2ccccc2c1. The van der Waals surface area contributed by atoms with Gasteiger partial charge in [0.1, 0.15) is 0 Å². The number of nitrogens with one attached hydrogen (secondary N) is 1. The molecule has 0 aromatic heterocycles. The highest BCUT2D eigenvalue weighted by molar-refractivity contribution is 6.12. The molecule has 0 atom stereocenters. The molecule has 0 aliphatic carbocycles. The monoisotopic (exact) mass is 342 g/mol. The molecule has 130 valence electrons. The Morgan fingerprint density at radius 2 is 1.88 bits per heavy atom. The minimum absolute atomic E-state index is 0.125. The molecule has 1 fully saturated rings. The van der Waals surface area contributed by atoms with Gasteiger partial charge in [0.25, 0.3) is 5.91 Å². The molecular weight excluding hydrogens is 320 g/mol. The lowest BCUT2D eigenvalue weighted by Gasteiger charge is -2.32.